The maximum atomic E-state index is 8.77. The summed E-state index contributed by atoms with van der Waals surface area (Å²) >= 11 is 0. The average molecular weight is 220 g/mol. The molecule has 0 atom stereocenters. The van der Waals surface area contributed by atoms with Gasteiger partial charge in [0, 0.05) is 24.2 Å². The van der Waals surface area contributed by atoms with Crippen LogP contribution in [0.4, 0.5) is 0 Å². The van der Waals surface area contributed by atoms with Gasteiger partial charge < -0.3 is 0 Å². The van der Waals surface area contributed by atoms with E-state index in [0.29, 0.717) is 11.5 Å². The Morgan fingerprint density at radius 3 is 2.65 bits per heavy atom. The monoisotopic (exact) mass is 220 g/mol. The molecule has 1 aromatic carbocycles. The van der Waals surface area contributed by atoms with Crippen molar-refractivity contribution in [2.45, 2.75) is 0 Å². The van der Waals surface area contributed by atoms with E-state index >= 15 is 0 Å². The van der Waals surface area contributed by atoms with Crippen LogP contribution >= 0.6 is 0 Å². The van der Waals surface area contributed by atoms with Crippen molar-refractivity contribution in [2.75, 3.05) is 0 Å². The van der Waals surface area contributed by atoms with Gasteiger partial charge in [-0.2, -0.15) is 10.2 Å². The first-order chi connectivity index (χ1) is 8.36. The van der Waals surface area contributed by atoms with Crippen LogP contribution in [0.3, 0.4) is 0 Å². The molecule has 4 nitrogen and oxygen atoms in total. The Kier molecular flexibility index (Phi) is 2.09. The Balaban J connectivity index is 2.17. The van der Waals surface area contributed by atoms with Gasteiger partial charge in [-0.25, -0.2) is 4.98 Å². The summed E-state index contributed by atoms with van der Waals surface area (Å²) < 4.78 is 1.76. The second-order valence-electron chi connectivity index (χ2n) is 3.65. The Morgan fingerprint density at radius 1 is 1.06 bits per heavy atom. The predicted octanol–water partition coefficient (Wildman–Crippen LogP) is 2.27. The lowest BCUT2D eigenvalue weighted by atomic mass is 10.1. The highest BCUT2D eigenvalue weighted by molar-refractivity contribution is 5.62. The molecule has 3 rings (SSSR count). The summed E-state index contributed by atoms with van der Waals surface area (Å²) in [7, 11) is 0. The summed E-state index contributed by atoms with van der Waals surface area (Å²) in [5.74, 6) is 0.543. The third-order valence-corrected chi connectivity index (χ3v) is 2.53. The molecule has 0 saturated carbocycles. The van der Waals surface area contributed by atoms with Crippen molar-refractivity contribution in [3.05, 3.63) is 54.6 Å². The van der Waals surface area contributed by atoms with Crippen molar-refractivity contribution >= 4 is 5.78 Å². The van der Waals surface area contributed by atoms with Crippen LogP contribution in [0, 0.1) is 11.3 Å². The molecule has 0 spiro atoms. The second-order valence-corrected chi connectivity index (χ2v) is 3.65. The minimum absolute atomic E-state index is 0.378. The van der Waals surface area contributed by atoms with Gasteiger partial charge >= 0.3 is 0 Å². The van der Waals surface area contributed by atoms with Crippen LogP contribution < -0.4 is 0 Å². The molecule has 80 valence electrons. The molecule has 4 heteroatoms. The Bertz CT molecular complexity index is 707. The van der Waals surface area contributed by atoms with Gasteiger partial charge in [-0.1, -0.05) is 30.3 Å². The third kappa shape index (κ3) is 1.64. The van der Waals surface area contributed by atoms with Gasteiger partial charge in [-0.15, -0.1) is 0 Å². The Labute approximate surface area is 97.8 Å². The lowest BCUT2D eigenvalue weighted by Crippen LogP contribution is -1.88. The molecule has 0 radical (unpaired) electrons. The van der Waals surface area contributed by atoms with Gasteiger partial charge in [-0.3, -0.25) is 4.40 Å². The first-order valence-corrected chi connectivity index (χ1v) is 5.17. The van der Waals surface area contributed by atoms with Gasteiger partial charge in [-0.05, 0) is 5.56 Å². The number of nitriles is 1. The first kappa shape index (κ1) is 9.55. The van der Waals surface area contributed by atoms with E-state index in [0.717, 1.165) is 11.1 Å². The van der Waals surface area contributed by atoms with Crippen molar-refractivity contribution in [3.63, 3.8) is 0 Å². The zero-order valence-corrected chi connectivity index (χ0v) is 8.91. The molecule has 3 aromatic rings. The fourth-order valence-corrected chi connectivity index (χ4v) is 1.72. The molecule has 2 heterocycles. The number of hydrogen-bond acceptors (Lipinski definition) is 3. The molecule has 2 aromatic heterocycles. The minimum atomic E-state index is 0.378. The standard InChI is InChI=1S/C13H8N4/c14-6-12-9-17-8-11(7-15-13(17)16-12)10-4-2-1-3-5-10/h1-5,7-9H. The number of benzene rings is 1. The number of imidazole rings is 1. The molecule has 17 heavy (non-hydrogen) atoms. The van der Waals surface area contributed by atoms with Crippen LogP contribution in [-0.2, 0) is 0 Å². The summed E-state index contributed by atoms with van der Waals surface area (Å²) in [5, 5.41) is 8.77. The van der Waals surface area contributed by atoms with Gasteiger partial charge in [0.15, 0.2) is 5.69 Å². The van der Waals surface area contributed by atoms with E-state index in [1.807, 2.05) is 42.6 Å². The summed E-state index contributed by atoms with van der Waals surface area (Å²) in [6, 6.07) is 12.0. The summed E-state index contributed by atoms with van der Waals surface area (Å²) in [6.45, 7) is 0. The quantitative estimate of drug-likeness (QED) is 0.632. The van der Waals surface area contributed by atoms with E-state index in [1.54, 1.807) is 16.8 Å². The second kappa shape index (κ2) is 3.72. The van der Waals surface area contributed by atoms with Crippen molar-refractivity contribution in [3.8, 4) is 17.2 Å². The van der Waals surface area contributed by atoms with E-state index in [1.165, 1.54) is 0 Å². The number of rotatable bonds is 1. The van der Waals surface area contributed by atoms with Crippen LogP contribution in [-0.4, -0.2) is 14.4 Å². The SMILES string of the molecule is N#Cc1cn2cc(-c3ccccc3)cnc2n1. The van der Waals surface area contributed by atoms with Gasteiger partial charge in [0.1, 0.15) is 6.07 Å². The molecule has 0 amide bonds. The van der Waals surface area contributed by atoms with E-state index in [-0.39, 0.29) is 0 Å². The van der Waals surface area contributed by atoms with E-state index in [9.17, 15) is 0 Å². The van der Waals surface area contributed by atoms with Crippen LogP contribution in [0.2, 0.25) is 0 Å². The summed E-state index contributed by atoms with van der Waals surface area (Å²) in [5.41, 5.74) is 2.47. The van der Waals surface area contributed by atoms with Crippen LogP contribution in [0.5, 0.6) is 0 Å². The van der Waals surface area contributed by atoms with Crippen molar-refractivity contribution in [2.24, 2.45) is 0 Å². The zero-order chi connectivity index (χ0) is 11.7. The van der Waals surface area contributed by atoms with Crippen LogP contribution in [0.15, 0.2) is 48.9 Å². The zero-order valence-electron chi connectivity index (χ0n) is 8.91. The molecule has 0 fully saturated rings. The highest BCUT2D eigenvalue weighted by Crippen LogP contribution is 2.17. The summed E-state index contributed by atoms with van der Waals surface area (Å²) in [6.07, 6.45) is 5.36. The number of aromatic nitrogens is 3. The minimum Gasteiger partial charge on any atom is -0.289 e. The topological polar surface area (TPSA) is 54.0 Å². The molecule has 0 aliphatic heterocycles. The first-order valence-electron chi connectivity index (χ1n) is 5.17. The number of nitrogens with zero attached hydrogens (tertiary/aromatic N) is 4. The maximum absolute atomic E-state index is 8.77. The van der Waals surface area contributed by atoms with Crippen molar-refractivity contribution in [1.29, 1.82) is 5.26 Å². The van der Waals surface area contributed by atoms with Crippen LogP contribution in [0.25, 0.3) is 16.9 Å². The van der Waals surface area contributed by atoms with Gasteiger partial charge in [0.2, 0.25) is 5.78 Å². The molecule has 0 aliphatic carbocycles. The number of fused-ring (bicyclic) bond motifs is 1. The van der Waals surface area contributed by atoms with E-state index in [2.05, 4.69) is 9.97 Å². The molecular formula is C13H8N4. The molecule has 0 aliphatic rings. The smallest absolute Gasteiger partial charge is 0.235 e. The Morgan fingerprint density at radius 2 is 1.88 bits per heavy atom. The fourth-order valence-electron chi connectivity index (χ4n) is 1.72. The lowest BCUT2D eigenvalue weighted by molar-refractivity contribution is 1.11. The fraction of sp³-hybridized carbons (Fsp3) is 0. The molecule has 0 saturated heterocycles. The van der Waals surface area contributed by atoms with Crippen molar-refractivity contribution in [1.82, 2.24) is 14.4 Å². The van der Waals surface area contributed by atoms with Crippen molar-refractivity contribution < 1.29 is 0 Å². The molecule has 0 N–H and O–H groups in total. The maximum Gasteiger partial charge on any atom is 0.235 e. The highest BCUT2D eigenvalue weighted by atomic mass is 15.1. The average Bonchev–Trinajstić information content (AvgIpc) is 2.81. The molecular weight excluding hydrogens is 212 g/mol. The molecule has 0 bridgehead atoms. The largest absolute Gasteiger partial charge is 0.289 e. The summed E-state index contributed by atoms with van der Waals surface area (Å²) in [4.78, 5) is 8.28. The van der Waals surface area contributed by atoms with E-state index < -0.39 is 0 Å². The van der Waals surface area contributed by atoms with Crippen LogP contribution in [0.1, 0.15) is 5.69 Å². The van der Waals surface area contributed by atoms with Gasteiger partial charge in [0.05, 0.1) is 0 Å². The Hall–Kier alpha value is -2.67. The highest BCUT2D eigenvalue weighted by Gasteiger charge is 2.03. The molecule has 0 unspecified atom stereocenters. The normalized spacial score (nSPS) is 10.3. The number of hydrogen-bond donors (Lipinski definition) is 0. The third-order valence-electron chi connectivity index (χ3n) is 2.53. The lowest BCUT2D eigenvalue weighted by Gasteiger charge is -2.00. The van der Waals surface area contributed by atoms with Gasteiger partial charge in [0.25, 0.3) is 0 Å². The van der Waals surface area contributed by atoms with E-state index in [4.69, 9.17) is 5.26 Å². The predicted molar refractivity (Wildman–Crippen MR) is 63.1 cm³/mol.